The highest BCUT2D eigenvalue weighted by Gasteiger charge is 2.26. The molecule has 1 fully saturated rings. The van der Waals surface area contributed by atoms with Crippen LogP contribution in [-0.2, 0) is 10.2 Å². The van der Waals surface area contributed by atoms with E-state index in [2.05, 4.69) is 9.44 Å². The third-order valence-electron chi connectivity index (χ3n) is 2.10. The lowest BCUT2D eigenvalue weighted by atomic mass is 10.3. The Kier molecular flexibility index (Phi) is 2.96. The third-order valence-corrected chi connectivity index (χ3v) is 3.57. The monoisotopic (exact) mass is 262 g/mol. The molecule has 0 atom stereocenters. The number of rotatable bonds is 4. The van der Waals surface area contributed by atoms with Crippen LogP contribution in [0.4, 0.5) is 5.69 Å². The number of anilines is 1. The molecule has 16 heavy (non-hydrogen) atoms. The Hall–Kier alpha value is -0.980. The van der Waals surface area contributed by atoms with Gasteiger partial charge in [0.1, 0.15) is 5.75 Å². The molecule has 0 amide bonds. The number of hydrogen-bond donors (Lipinski definition) is 3. The van der Waals surface area contributed by atoms with Crippen LogP contribution in [0, 0.1) is 0 Å². The fraction of sp³-hybridized carbons (Fsp3) is 0.333. The van der Waals surface area contributed by atoms with Gasteiger partial charge >= 0.3 is 0 Å². The summed E-state index contributed by atoms with van der Waals surface area (Å²) in [5.74, 6) is -0.159. The molecule has 1 saturated carbocycles. The van der Waals surface area contributed by atoms with Gasteiger partial charge in [-0.05, 0) is 25.0 Å². The molecule has 0 unspecified atom stereocenters. The van der Waals surface area contributed by atoms with Gasteiger partial charge in [0.25, 0.3) is 10.2 Å². The molecule has 0 heterocycles. The molecular weight excluding hydrogens is 252 g/mol. The number of benzene rings is 1. The zero-order chi connectivity index (χ0) is 11.8. The molecule has 0 saturated heterocycles. The van der Waals surface area contributed by atoms with Gasteiger partial charge in [-0.15, -0.1) is 0 Å². The van der Waals surface area contributed by atoms with Crippen LogP contribution in [0.2, 0.25) is 5.02 Å². The molecular formula is C9H11ClN2O3S. The summed E-state index contributed by atoms with van der Waals surface area (Å²) in [6.45, 7) is 0. The largest absolute Gasteiger partial charge is 0.506 e. The summed E-state index contributed by atoms with van der Waals surface area (Å²) in [6.07, 6.45) is 1.74. The van der Waals surface area contributed by atoms with Gasteiger partial charge in [-0.2, -0.15) is 13.1 Å². The maximum absolute atomic E-state index is 11.5. The van der Waals surface area contributed by atoms with Crippen LogP contribution in [0.3, 0.4) is 0 Å². The molecule has 88 valence electrons. The lowest BCUT2D eigenvalue weighted by Gasteiger charge is -2.09. The number of hydrogen-bond acceptors (Lipinski definition) is 3. The first-order valence-corrected chi connectivity index (χ1v) is 6.61. The minimum absolute atomic E-state index is 0.0402. The Morgan fingerprint density at radius 2 is 2.06 bits per heavy atom. The van der Waals surface area contributed by atoms with Crippen molar-refractivity contribution in [3.8, 4) is 5.75 Å². The van der Waals surface area contributed by atoms with Crippen molar-refractivity contribution in [3.63, 3.8) is 0 Å². The van der Waals surface area contributed by atoms with E-state index in [9.17, 15) is 13.5 Å². The molecule has 3 N–H and O–H groups in total. The predicted octanol–water partition coefficient (Wildman–Crippen LogP) is 1.45. The number of phenolic OH excluding ortho intramolecular Hbond substituents is 1. The average molecular weight is 263 g/mol. The van der Waals surface area contributed by atoms with Crippen LogP contribution < -0.4 is 9.44 Å². The zero-order valence-electron chi connectivity index (χ0n) is 8.27. The number of aromatic hydroxyl groups is 1. The van der Waals surface area contributed by atoms with E-state index in [1.165, 1.54) is 18.2 Å². The first-order valence-electron chi connectivity index (χ1n) is 4.75. The van der Waals surface area contributed by atoms with Gasteiger partial charge in [-0.3, -0.25) is 4.72 Å². The normalized spacial score (nSPS) is 16.1. The van der Waals surface area contributed by atoms with Crippen molar-refractivity contribution < 1.29 is 13.5 Å². The molecule has 0 aromatic heterocycles. The molecule has 1 aliphatic rings. The summed E-state index contributed by atoms with van der Waals surface area (Å²) in [4.78, 5) is 0. The molecule has 0 bridgehead atoms. The molecule has 5 nitrogen and oxygen atoms in total. The van der Waals surface area contributed by atoms with Crippen molar-refractivity contribution >= 4 is 27.5 Å². The third kappa shape index (κ3) is 3.01. The molecule has 0 radical (unpaired) electrons. The molecule has 7 heteroatoms. The lowest BCUT2D eigenvalue weighted by Crippen LogP contribution is -2.31. The van der Waals surface area contributed by atoms with E-state index >= 15 is 0 Å². The van der Waals surface area contributed by atoms with Gasteiger partial charge in [0.05, 0.1) is 10.7 Å². The van der Waals surface area contributed by atoms with E-state index in [-0.39, 0.29) is 22.5 Å². The molecule has 0 aliphatic heterocycles. The smallest absolute Gasteiger partial charge is 0.299 e. The Labute approximate surface area is 98.6 Å². The van der Waals surface area contributed by atoms with Gasteiger partial charge < -0.3 is 5.11 Å². The van der Waals surface area contributed by atoms with Crippen molar-refractivity contribution in [1.29, 1.82) is 0 Å². The van der Waals surface area contributed by atoms with E-state index < -0.39 is 10.2 Å². The highest BCUT2D eigenvalue weighted by Crippen LogP contribution is 2.27. The predicted molar refractivity (Wildman–Crippen MR) is 61.8 cm³/mol. The van der Waals surface area contributed by atoms with Crippen molar-refractivity contribution in [2.75, 3.05) is 4.72 Å². The number of nitrogens with one attached hydrogen (secondary N) is 2. The summed E-state index contributed by atoms with van der Waals surface area (Å²) in [5.41, 5.74) is 0.273. The minimum Gasteiger partial charge on any atom is -0.506 e. The average Bonchev–Trinajstić information content (AvgIpc) is 2.94. The van der Waals surface area contributed by atoms with Crippen molar-refractivity contribution in [2.24, 2.45) is 0 Å². The topological polar surface area (TPSA) is 78.4 Å². The molecule has 1 aromatic carbocycles. The van der Waals surface area contributed by atoms with Crippen LogP contribution >= 0.6 is 11.6 Å². The molecule has 0 spiro atoms. The van der Waals surface area contributed by atoms with Crippen LogP contribution in [0.25, 0.3) is 0 Å². The van der Waals surface area contributed by atoms with Crippen LogP contribution in [-0.4, -0.2) is 19.6 Å². The zero-order valence-corrected chi connectivity index (χ0v) is 9.85. The standard InChI is InChI=1S/C9H11ClN2O3S/c10-8-4-3-7(5-9(8)13)12-16(14,15)11-6-1-2-6/h3-6,11-13H,1-2H2. The maximum Gasteiger partial charge on any atom is 0.299 e. The Morgan fingerprint density at radius 3 is 2.62 bits per heavy atom. The first kappa shape index (κ1) is 11.5. The van der Waals surface area contributed by atoms with E-state index in [0.29, 0.717) is 0 Å². The van der Waals surface area contributed by atoms with Crippen molar-refractivity contribution in [3.05, 3.63) is 23.2 Å². The highest BCUT2D eigenvalue weighted by molar-refractivity contribution is 7.90. The van der Waals surface area contributed by atoms with Gasteiger partial charge in [0, 0.05) is 12.1 Å². The summed E-state index contributed by atoms with van der Waals surface area (Å²) < 4.78 is 27.8. The van der Waals surface area contributed by atoms with Gasteiger partial charge in [0.15, 0.2) is 0 Å². The van der Waals surface area contributed by atoms with Gasteiger partial charge in [-0.1, -0.05) is 11.6 Å². The van der Waals surface area contributed by atoms with Gasteiger partial charge in [-0.25, -0.2) is 0 Å². The van der Waals surface area contributed by atoms with Crippen LogP contribution in [0.5, 0.6) is 5.75 Å². The molecule has 1 aliphatic carbocycles. The fourth-order valence-corrected chi connectivity index (χ4v) is 2.47. The van der Waals surface area contributed by atoms with E-state index in [4.69, 9.17) is 11.6 Å². The van der Waals surface area contributed by atoms with Crippen LogP contribution in [0.15, 0.2) is 18.2 Å². The number of halogens is 1. The molecule has 2 rings (SSSR count). The van der Waals surface area contributed by atoms with E-state index in [0.717, 1.165) is 12.8 Å². The van der Waals surface area contributed by atoms with Gasteiger partial charge in [0.2, 0.25) is 0 Å². The maximum atomic E-state index is 11.5. The van der Waals surface area contributed by atoms with E-state index in [1.807, 2.05) is 0 Å². The Bertz CT molecular complexity index is 499. The summed E-state index contributed by atoms with van der Waals surface area (Å²) in [6, 6.07) is 4.20. The van der Waals surface area contributed by atoms with E-state index in [1.54, 1.807) is 0 Å². The Balaban J connectivity index is 2.10. The quantitative estimate of drug-likeness (QED) is 0.769. The second-order valence-electron chi connectivity index (χ2n) is 3.66. The summed E-state index contributed by atoms with van der Waals surface area (Å²) >= 11 is 5.60. The van der Waals surface area contributed by atoms with Crippen LogP contribution in [0.1, 0.15) is 12.8 Å². The fourth-order valence-electron chi connectivity index (χ4n) is 1.18. The second kappa shape index (κ2) is 4.12. The Morgan fingerprint density at radius 1 is 1.38 bits per heavy atom. The highest BCUT2D eigenvalue weighted by atomic mass is 35.5. The summed E-state index contributed by atoms with van der Waals surface area (Å²) in [5, 5.41) is 9.48. The van der Waals surface area contributed by atoms with Crippen molar-refractivity contribution in [2.45, 2.75) is 18.9 Å². The lowest BCUT2D eigenvalue weighted by molar-refractivity contribution is 0.476. The van der Waals surface area contributed by atoms with Crippen molar-refractivity contribution in [1.82, 2.24) is 4.72 Å². The SMILES string of the molecule is O=S(=O)(Nc1ccc(Cl)c(O)c1)NC1CC1. The molecule has 1 aromatic rings. The minimum atomic E-state index is -3.56. The number of phenols is 1. The second-order valence-corrected chi connectivity index (χ2v) is 5.52. The summed E-state index contributed by atoms with van der Waals surface area (Å²) in [7, 11) is -3.56. The first-order chi connectivity index (χ1) is 7.46.